The predicted molar refractivity (Wildman–Crippen MR) is 193 cm³/mol. The molecule has 2 aromatic carbocycles. The number of hydrogen-bond donors (Lipinski definition) is 2. The summed E-state index contributed by atoms with van der Waals surface area (Å²) in [7, 11) is 5.44. The minimum atomic E-state index is -0.565. The number of primary amides is 1. The van der Waals surface area contributed by atoms with Crippen molar-refractivity contribution < 1.29 is 14.3 Å². The Hall–Kier alpha value is -3.43. The molecule has 1 saturated heterocycles. The molecule has 8 nitrogen and oxygen atoms in total. The molecule has 0 bridgehead atoms. The Morgan fingerprint density at radius 3 is 2.43 bits per heavy atom. The summed E-state index contributed by atoms with van der Waals surface area (Å²) >= 11 is 3.80. The molecule has 3 fully saturated rings. The summed E-state index contributed by atoms with van der Waals surface area (Å²) in [6, 6.07) is 12.9. The third-order valence-electron chi connectivity index (χ3n) is 10.8. The standard InChI is InChI=1S/C36H44N4O3.C2H7NS/c1-21(2)40-22(3)18-38(19-23(40)4)35(42)36-17-30(36)29-16-26(43-5)12-14-27(29)33-32(24-9-7-6-8-10-24)28-13-11-25(34(37)41)15-31(28)39(33)20-36;1-3(2)4/h11-16,21,23-24,30H,3,6-10,17-20H2,1-2,4-5H3,(H2,37,41);4H,1-2H3. The van der Waals surface area contributed by atoms with Crippen molar-refractivity contribution in [3.63, 3.8) is 0 Å². The van der Waals surface area contributed by atoms with Crippen LogP contribution in [-0.2, 0) is 11.3 Å². The van der Waals surface area contributed by atoms with Gasteiger partial charge in [0.15, 0.2) is 0 Å². The van der Waals surface area contributed by atoms with E-state index in [1.807, 2.05) is 32.3 Å². The van der Waals surface area contributed by atoms with Crippen molar-refractivity contribution in [1.29, 1.82) is 0 Å². The Labute approximate surface area is 285 Å². The van der Waals surface area contributed by atoms with Gasteiger partial charge in [-0.1, -0.05) is 44.7 Å². The molecular formula is C38H51N5O3S. The van der Waals surface area contributed by atoms with Gasteiger partial charge >= 0.3 is 0 Å². The molecule has 2 amide bonds. The smallest absolute Gasteiger partial charge is 0.248 e. The number of carbonyl (C=O) groups is 2. The molecule has 3 atom stereocenters. The Balaban J connectivity index is 0.000000915. The van der Waals surface area contributed by atoms with E-state index in [2.05, 4.69) is 72.7 Å². The average Bonchev–Trinajstić information content (AvgIpc) is 3.69. The largest absolute Gasteiger partial charge is 0.497 e. The zero-order valence-electron chi connectivity index (χ0n) is 28.9. The zero-order valence-corrected chi connectivity index (χ0v) is 29.8. The highest BCUT2D eigenvalue weighted by Gasteiger charge is 2.64. The number of benzene rings is 2. The molecule has 3 aromatic rings. The third-order valence-corrected chi connectivity index (χ3v) is 10.8. The fraction of sp³-hybridized carbons (Fsp3) is 0.526. The van der Waals surface area contributed by atoms with Crippen molar-refractivity contribution in [2.24, 2.45) is 11.1 Å². The lowest BCUT2D eigenvalue weighted by molar-refractivity contribution is -0.139. The van der Waals surface area contributed by atoms with Gasteiger partial charge < -0.3 is 24.8 Å². The van der Waals surface area contributed by atoms with Crippen LogP contribution in [0.1, 0.15) is 92.6 Å². The summed E-state index contributed by atoms with van der Waals surface area (Å²) in [6.45, 7) is 12.8. The number of nitrogens with two attached hydrogens (primary N) is 1. The average molecular weight is 658 g/mol. The van der Waals surface area contributed by atoms with Crippen LogP contribution in [0.4, 0.5) is 0 Å². The molecule has 3 unspecified atom stereocenters. The van der Waals surface area contributed by atoms with Crippen LogP contribution < -0.4 is 10.5 Å². The number of methoxy groups -OCH3 is 1. The molecule has 0 spiro atoms. The van der Waals surface area contributed by atoms with Crippen LogP contribution in [0, 0.1) is 5.41 Å². The SMILES string of the molecule is C=C1CN(C(=O)C23CC2c2cc(OC)ccc2-c2c(C4CCCCC4)c4ccc(C(N)=O)cc4n2C3)CC(C)N1C(C)C.CN(C)S. The number of aromatic nitrogens is 1. The maximum atomic E-state index is 14.8. The van der Waals surface area contributed by atoms with Gasteiger partial charge in [0, 0.05) is 58.8 Å². The van der Waals surface area contributed by atoms with Crippen molar-refractivity contribution in [2.45, 2.75) is 89.8 Å². The van der Waals surface area contributed by atoms with Gasteiger partial charge in [-0.05, 0) is 102 Å². The van der Waals surface area contributed by atoms with Gasteiger partial charge in [-0.3, -0.25) is 13.9 Å². The molecule has 9 heteroatoms. The van der Waals surface area contributed by atoms with Gasteiger partial charge in [0.2, 0.25) is 11.8 Å². The van der Waals surface area contributed by atoms with E-state index < -0.39 is 11.3 Å². The number of piperazine rings is 1. The summed E-state index contributed by atoms with van der Waals surface area (Å²) in [5.41, 5.74) is 12.7. The van der Waals surface area contributed by atoms with E-state index in [9.17, 15) is 9.59 Å². The van der Waals surface area contributed by atoms with Crippen LogP contribution in [-0.4, -0.2) is 76.9 Å². The molecule has 47 heavy (non-hydrogen) atoms. The van der Waals surface area contributed by atoms with Gasteiger partial charge in [0.05, 0.1) is 24.8 Å². The summed E-state index contributed by atoms with van der Waals surface area (Å²) in [5.74, 6) is 1.14. The first-order valence-electron chi connectivity index (χ1n) is 17.1. The Morgan fingerprint density at radius 1 is 1.11 bits per heavy atom. The molecular weight excluding hydrogens is 607 g/mol. The third kappa shape index (κ3) is 5.94. The summed E-state index contributed by atoms with van der Waals surface area (Å²) < 4.78 is 9.80. The van der Waals surface area contributed by atoms with Crippen LogP contribution in [0.5, 0.6) is 5.75 Å². The molecule has 2 saturated carbocycles. The Bertz CT molecular complexity index is 1700. The van der Waals surface area contributed by atoms with Crippen molar-refractivity contribution in [1.82, 2.24) is 18.7 Å². The van der Waals surface area contributed by atoms with Crippen LogP contribution in [0.2, 0.25) is 0 Å². The van der Waals surface area contributed by atoms with Crippen molar-refractivity contribution >= 4 is 35.5 Å². The van der Waals surface area contributed by atoms with Crippen molar-refractivity contribution in [2.75, 3.05) is 34.3 Å². The van der Waals surface area contributed by atoms with Crippen LogP contribution >= 0.6 is 12.8 Å². The topological polar surface area (TPSA) is 84.0 Å². The first kappa shape index (κ1) is 33.5. The number of amides is 2. The lowest BCUT2D eigenvalue weighted by Gasteiger charge is -2.46. The number of hydrogen-bond acceptors (Lipinski definition) is 6. The predicted octanol–water partition coefficient (Wildman–Crippen LogP) is 6.80. The monoisotopic (exact) mass is 657 g/mol. The molecule has 0 radical (unpaired) electrons. The summed E-state index contributed by atoms with van der Waals surface area (Å²) in [4.78, 5) is 31.5. The molecule has 2 aliphatic heterocycles. The first-order chi connectivity index (χ1) is 22.4. The van der Waals surface area contributed by atoms with Gasteiger partial charge in [-0.15, -0.1) is 0 Å². The number of carbonyl (C=O) groups excluding carboxylic acids is 2. The molecule has 1 aromatic heterocycles. The van der Waals surface area contributed by atoms with Crippen LogP contribution in [0.3, 0.4) is 0 Å². The van der Waals surface area contributed by atoms with Crippen LogP contribution in [0.15, 0.2) is 48.7 Å². The van der Waals surface area contributed by atoms with E-state index in [0.717, 1.165) is 36.2 Å². The lowest BCUT2D eigenvalue weighted by atomic mass is 9.81. The second kappa shape index (κ2) is 12.9. The maximum absolute atomic E-state index is 14.8. The van der Waals surface area contributed by atoms with Crippen molar-refractivity contribution in [3.8, 4) is 17.0 Å². The molecule has 2 aliphatic carbocycles. The highest BCUT2D eigenvalue weighted by Crippen LogP contribution is 2.66. The zero-order chi connectivity index (χ0) is 33.8. The highest BCUT2D eigenvalue weighted by atomic mass is 32.1. The first-order valence-corrected chi connectivity index (χ1v) is 17.5. The number of ether oxygens (including phenoxy) is 1. The molecule has 3 heterocycles. The molecule has 7 rings (SSSR count). The molecule has 252 valence electrons. The summed E-state index contributed by atoms with van der Waals surface area (Å²) in [6.07, 6.45) is 6.83. The Morgan fingerprint density at radius 2 is 1.81 bits per heavy atom. The highest BCUT2D eigenvalue weighted by molar-refractivity contribution is 7.77. The number of thiol groups is 1. The minimum absolute atomic E-state index is 0.102. The molecule has 4 aliphatic rings. The minimum Gasteiger partial charge on any atom is -0.497 e. The van der Waals surface area contributed by atoms with Gasteiger partial charge in [0.25, 0.3) is 0 Å². The van der Waals surface area contributed by atoms with E-state index in [0.29, 0.717) is 37.2 Å². The fourth-order valence-corrected chi connectivity index (χ4v) is 8.86. The maximum Gasteiger partial charge on any atom is 0.248 e. The van der Waals surface area contributed by atoms with Crippen molar-refractivity contribution in [3.05, 3.63) is 65.4 Å². The van der Waals surface area contributed by atoms with E-state index in [1.165, 1.54) is 47.0 Å². The summed E-state index contributed by atoms with van der Waals surface area (Å²) in [5, 5.41) is 1.18. The van der Waals surface area contributed by atoms with Gasteiger partial charge in [0.1, 0.15) is 5.75 Å². The number of nitrogens with zero attached hydrogens (tertiary/aromatic N) is 4. The van der Waals surface area contributed by atoms with Crippen LogP contribution in [0.25, 0.3) is 22.2 Å². The van der Waals surface area contributed by atoms with Gasteiger partial charge in [-0.25, -0.2) is 0 Å². The number of rotatable bonds is 5. The number of fused-ring (bicyclic) bond motifs is 7. The van der Waals surface area contributed by atoms with E-state index >= 15 is 0 Å². The molecule has 2 N–H and O–H groups in total. The van der Waals surface area contributed by atoms with E-state index in [1.54, 1.807) is 11.4 Å². The van der Waals surface area contributed by atoms with E-state index in [-0.39, 0.29) is 17.9 Å². The quantitative estimate of drug-likeness (QED) is 0.295. The van der Waals surface area contributed by atoms with E-state index in [4.69, 9.17) is 10.5 Å². The second-order valence-corrected chi connectivity index (χ2v) is 15.4. The second-order valence-electron chi connectivity index (χ2n) is 14.6. The fourth-order valence-electron chi connectivity index (χ4n) is 8.86. The normalized spacial score (nSPS) is 23.9. The lowest BCUT2D eigenvalue weighted by Crippen LogP contribution is -2.55. The van der Waals surface area contributed by atoms with Gasteiger partial charge in [-0.2, -0.15) is 0 Å². The Kier molecular flexibility index (Phi) is 9.17.